The molecule has 0 saturated carbocycles. The molecule has 11 heteroatoms. The van der Waals surface area contributed by atoms with Crippen LogP contribution in [-0.4, -0.2) is 79.0 Å². The second-order valence-corrected chi connectivity index (χ2v) is 9.20. The molecule has 3 rings (SSSR count). The predicted octanol–water partition coefficient (Wildman–Crippen LogP) is 0.880. The highest BCUT2D eigenvalue weighted by Crippen LogP contribution is 2.31. The van der Waals surface area contributed by atoms with E-state index in [-0.39, 0.29) is 38.8 Å². The Labute approximate surface area is 169 Å². The van der Waals surface area contributed by atoms with Crippen LogP contribution in [-0.2, 0) is 19.6 Å². The van der Waals surface area contributed by atoms with Crippen molar-refractivity contribution in [3.63, 3.8) is 0 Å². The van der Waals surface area contributed by atoms with Gasteiger partial charge in [-0.2, -0.15) is 0 Å². The average Bonchev–Trinajstić information content (AvgIpc) is 2.74. The molecule has 10 nitrogen and oxygen atoms in total. The molecule has 0 aliphatic carbocycles. The van der Waals surface area contributed by atoms with Crippen molar-refractivity contribution < 1.29 is 37.8 Å². The van der Waals surface area contributed by atoms with Gasteiger partial charge < -0.3 is 14.2 Å². The number of piperidine rings is 1. The van der Waals surface area contributed by atoms with Gasteiger partial charge in [0.2, 0.25) is 10.0 Å². The summed E-state index contributed by atoms with van der Waals surface area (Å²) < 4.78 is 44.0. The number of nitrogens with zero attached hydrogens (tertiary/aromatic N) is 2. The lowest BCUT2D eigenvalue weighted by molar-refractivity contribution is -0.289. The second-order valence-electron chi connectivity index (χ2n) is 7.05. The van der Waals surface area contributed by atoms with Crippen LogP contribution in [0.2, 0.25) is 0 Å². The molecular formula is C18H26N2O8S. The van der Waals surface area contributed by atoms with Crippen LogP contribution in [0.5, 0.6) is 11.5 Å². The lowest BCUT2D eigenvalue weighted by Crippen LogP contribution is -2.53. The summed E-state index contributed by atoms with van der Waals surface area (Å²) >= 11 is 0. The van der Waals surface area contributed by atoms with Crippen molar-refractivity contribution >= 4 is 15.9 Å². The summed E-state index contributed by atoms with van der Waals surface area (Å²) in [6.07, 6.45) is 0.941. The molecule has 1 aromatic rings. The number of methoxy groups -OCH3 is 1. The van der Waals surface area contributed by atoms with Crippen LogP contribution >= 0.6 is 0 Å². The molecule has 2 fully saturated rings. The summed E-state index contributed by atoms with van der Waals surface area (Å²) in [7, 11) is -2.26. The van der Waals surface area contributed by atoms with Gasteiger partial charge >= 0.3 is 0 Å². The number of hydroxylamine groups is 2. The third kappa shape index (κ3) is 4.81. The van der Waals surface area contributed by atoms with Gasteiger partial charge in [0.15, 0.2) is 11.5 Å². The smallest absolute Gasteiger partial charge is 0.279 e. The Morgan fingerprint density at radius 3 is 2.45 bits per heavy atom. The van der Waals surface area contributed by atoms with Crippen LogP contribution in [0.1, 0.15) is 19.3 Å². The van der Waals surface area contributed by atoms with Crippen LogP contribution in [0.25, 0.3) is 0 Å². The summed E-state index contributed by atoms with van der Waals surface area (Å²) in [5.74, 6) is -1.03. The van der Waals surface area contributed by atoms with Gasteiger partial charge in [-0.15, -0.1) is 0 Å². The van der Waals surface area contributed by atoms with E-state index in [0.717, 1.165) is 0 Å². The SMILES string of the molecule is COc1ccccc1OC1CCN(S(=O)(=O)C2CCOCC2C(=O)N(O)O)CC1. The first kappa shape index (κ1) is 21.8. The molecule has 2 unspecified atom stereocenters. The van der Waals surface area contributed by atoms with E-state index in [1.54, 1.807) is 19.2 Å². The van der Waals surface area contributed by atoms with Gasteiger partial charge in [-0.1, -0.05) is 17.4 Å². The second kappa shape index (κ2) is 9.26. The standard InChI is InChI=1S/C18H26N2O8S/c1-26-15-4-2-3-5-16(15)28-13-6-9-19(10-7-13)29(24,25)17-8-11-27-12-14(17)18(21)20(22)23/h2-5,13-14,17,22-23H,6-12H2,1H3. The van der Waals surface area contributed by atoms with E-state index < -0.39 is 32.3 Å². The molecule has 1 amide bonds. The summed E-state index contributed by atoms with van der Waals surface area (Å²) in [5.41, 5.74) is 0. The van der Waals surface area contributed by atoms with E-state index >= 15 is 0 Å². The zero-order valence-corrected chi connectivity index (χ0v) is 17.0. The quantitative estimate of drug-likeness (QED) is 0.503. The molecule has 0 spiro atoms. The van der Waals surface area contributed by atoms with Crippen molar-refractivity contribution in [2.75, 3.05) is 33.4 Å². The molecule has 2 aliphatic rings. The number of hydrogen-bond donors (Lipinski definition) is 2. The molecular weight excluding hydrogens is 404 g/mol. The Morgan fingerprint density at radius 1 is 1.17 bits per heavy atom. The van der Waals surface area contributed by atoms with Crippen LogP contribution in [0.15, 0.2) is 24.3 Å². The Balaban J connectivity index is 1.65. The topological polar surface area (TPSA) is 126 Å². The number of benzene rings is 1. The van der Waals surface area contributed by atoms with Gasteiger partial charge in [0, 0.05) is 19.7 Å². The van der Waals surface area contributed by atoms with Crippen molar-refractivity contribution in [3.05, 3.63) is 24.3 Å². The fraction of sp³-hybridized carbons (Fsp3) is 0.611. The van der Waals surface area contributed by atoms with Gasteiger partial charge in [-0.25, -0.2) is 12.7 Å². The van der Waals surface area contributed by atoms with Gasteiger partial charge in [0.05, 0.1) is 24.9 Å². The normalized spacial score (nSPS) is 24.1. The number of sulfonamides is 1. The minimum absolute atomic E-state index is 0.115. The van der Waals surface area contributed by atoms with E-state index in [1.165, 1.54) is 4.31 Å². The van der Waals surface area contributed by atoms with Crippen LogP contribution in [0.4, 0.5) is 0 Å². The number of rotatable bonds is 6. The highest BCUT2D eigenvalue weighted by atomic mass is 32.2. The Kier molecular flexibility index (Phi) is 6.96. The Morgan fingerprint density at radius 2 is 1.83 bits per heavy atom. The number of hydrogen-bond acceptors (Lipinski definition) is 8. The zero-order chi connectivity index (χ0) is 21.0. The Bertz CT molecular complexity index is 808. The maximum Gasteiger partial charge on any atom is 0.279 e. The summed E-state index contributed by atoms with van der Waals surface area (Å²) in [5, 5.41) is 16.4. The van der Waals surface area contributed by atoms with Crippen molar-refractivity contribution in [2.24, 2.45) is 5.92 Å². The van der Waals surface area contributed by atoms with Crippen molar-refractivity contribution in [1.82, 2.24) is 9.53 Å². The van der Waals surface area contributed by atoms with E-state index in [1.807, 2.05) is 12.1 Å². The average molecular weight is 430 g/mol. The molecule has 0 aromatic heterocycles. The van der Waals surface area contributed by atoms with Crippen molar-refractivity contribution in [1.29, 1.82) is 0 Å². The molecule has 29 heavy (non-hydrogen) atoms. The van der Waals surface area contributed by atoms with Crippen molar-refractivity contribution in [3.8, 4) is 11.5 Å². The van der Waals surface area contributed by atoms with Gasteiger partial charge in [0.1, 0.15) is 6.10 Å². The van der Waals surface area contributed by atoms with E-state index in [4.69, 9.17) is 24.6 Å². The molecule has 0 radical (unpaired) electrons. The number of ether oxygens (including phenoxy) is 3. The summed E-state index contributed by atoms with van der Waals surface area (Å²) in [4.78, 5) is 12.0. The highest BCUT2D eigenvalue weighted by molar-refractivity contribution is 7.89. The molecule has 2 saturated heterocycles. The van der Waals surface area contributed by atoms with Gasteiger partial charge in [0.25, 0.3) is 5.91 Å². The zero-order valence-electron chi connectivity index (χ0n) is 16.1. The van der Waals surface area contributed by atoms with Crippen LogP contribution < -0.4 is 9.47 Å². The van der Waals surface area contributed by atoms with Crippen LogP contribution in [0.3, 0.4) is 0 Å². The monoisotopic (exact) mass is 430 g/mol. The number of amides is 1. The maximum absolute atomic E-state index is 13.1. The highest BCUT2D eigenvalue weighted by Gasteiger charge is 2.45. The fourth-order valence-electron chi connectivity index (χ4n) is 3.75. The Hall–Kier alpha value is -1.92. The third-order valence-electron chi connectivity index (χ3n) is 5.31. The van der Waals surface area contributed by atoms with Gasteiger partial charge in [-0.05, 0) is 31.4 Å². The lowest BCUT2D eigenvalue weighted by atomic mass is 10.0. The molecule has 2 N–H and O–H groups in total. The van der Waals surface area contributed by atoms with E-state index in [2.05, 4.69) is 0 Å². The largest absolute Gasteiger partial charge is 0.493 e. The summed E-state index contributed by atoms with van der Waals surface area (Å²) in [6.45, 7) is 0.524. The van der Waals surface area contributed by atoms with Gasteiger partial charge in [-0.3, -0.25) is 15.2 Å². The number of para-hydroxylation sites is 2. The molecule has 2 aliphatic heterocycles. The van der Waals surface area contributed by atoms with E-state index in [9.17, 15) is 13.2 Å². The summed E-state index contributed by atoms with van der Waals surface area (Å²) in [6, 6.07) is 7.27. The third-order valence-corrected chi connectivity index (χ3v) is 7.73. The van der Waals surface area contributed by atoms with Crippen LogP contribution in [0, 0.1) is 5.92 Å². The number of carbonyl (C=O) groups is 1. The minimum Gasteiger partial charge on any atom is -0.493 e. The molecule has 0 bridgehead atoms. The molecule has 2 heterocycles. The predicted molar refractivity (Wildman–Crippen MR) is 100 cm³/mol. The fourth-order valence-corrected chi connectivity index (χ4v) is 5.85. The lowest BCUT2D eigenvalue weighted by Gasteiger charge is -2.37. The minimum atomic E-state index is -3.82. The molecule has 162 valence electrons. The molecule has 2 atom stereocenters. The first-order valence-electron chi connectivity index (χ1n) is 9.42. The van der Waals surface area contributed by atoms with E-state index in [0.29, 0.717) is 24.3 Å². The first-order chi connectivity index (χ1) is 13.8. The number of carbonyl (C=O) groups excluding carboxylic acids is 1. The maximum atomic E-state index is 13.1. The molecule has 1 aromatic carbocycles. The first-order valence-corrected chi connectivity index (χ1v) is 10.9. The van der Waals surface area contributed by atoms with Crippen molar-refractivity contribution in [2.45, 2.75) is 30.6 Å².